The highest BCUT2D eigenvalue weighted by Gasteiger charge is 2.34. The fraction of sp³-hybridized carbons (Fsp3) is 0.875. The van der Waals surface area contributed by atoms with Gasteiger partial charge in [-0.05, 0) is 25.7 Å². The number of piperazine rings is 1. The van der Waals surface area contributed by atoms with Crippen molar-refractivity contribution in [2.45, 2.75) is 38.1 Å². The summed E-state index contributed by atoms with van der Waals surface area (Å²) in [7, 11) is 0. The second-order valence-corrected chi connectivity index (χ2v) is 6.63. The van der Waals surface area contributed by atoms with E-state index in [1.54, 1.807) is 0 Å². The molecule has 0 aromatic rings. The normalized spacial score (nSPS) is 24.7. The Morgan fingerprint density at radius 3 is 1.95 bits per heavy atom. The lowest BCUT2D eigenvalue weighted by Gasteiger charge is -2.36. The summed E-state index contributed by atoms with van der Waals surface area (Å²) in [5.74, 6) is 0.334. The molecule has 124 valence electrons. The van der Waals surface area contributed by atoms with Crippen molar-refractivity contribution < 1.29 is 9.59 Å². The molecule has 0 bridgehead atoms. The van der Waals surface area contributed by atoms with Crippen molar-refractivity contribution in [3.63, 3.8) is 0 Å². The molecule has 1 N–H and O–H groups in total. The number of amides is 2. The van der Waals surface area contributed by atoms with E-state index in [0.29, 0.717) is 6.42 Å². The third kappa shape index (κ3) is 3.60. The zero-order valence-electron chi connectivity index (χ0n) is 13.4. The van der Waals surface area contributed by atoms with Crippen LogP contribution in [0.5, 0.6) is 0 Å². The molecule has 3 rings (SSSR count). The molecule has 1 unspecified atom stereocenters. The minimum atomic E-state index is -0.256. The molecule has 6 heteroatoms. The van der Waals surface area contributed by atoms with E-state index in [9.17, 15) is 9.59 Å². The number of carbonyl (C=O) groups is 2. The van der Waals surface area contributed by atoms with Crippen LogP contribution in [-0.2, 0) is 9.59 Å². The van der Waals surface area contributed by atoms with Gasteiger partial charge in [-0.3, -0.25) is 14.5 Å². The van der Waals surface area contributed by atoms with Crippen molar-refractivity contribution in [3.05, 3.63) is 0 Å². The summed E-state index contributed by atoms with van der Waals surface area (Å²) in [6.45, 7) is 6.98. The monoisotopic (exact) mass is 308 g/mol. The molecule has 22 heavy (non-hydrogen) atoms. The topological polar surface area (TPSA) is 55.9 Å². The van der Waals surface area contributed by atoms with E-state index >= 15 is 0 Å². The van der Waals surface area contributed by atoms with E-state index in [0.717, 1.165) is 78.0 Å². The maximum absolute atomic E-state index is 12.9. The Bertz CT molecular complexity index is 397. The van der Waals surface area contributed by atoms with Gasteiger partial charge in [-0.15, -0.1) is 0 Å². The van der Waals surface area contributed by atoms with Crippen molar-refractivity contribution in [1.82, 2.24) is 20.0 Å². The van der Waals surface area contributed by atoms with Crippen LogP contribution in [0, 0.1) is 0 Å². The van der Waals surface area contributed by atoms with Crippen molar-refractivity contribution >= 4 is 11.8 Å². The molecule has 0 spiro atoms. The number of likely N-dealkylation sites (tertiary alicyclic amines) is 2. The van der Waals surface area contributed by atoms with Gasteiger partial charge in [0.2, 0.25) is 11.8 Å². The Morgan fingerprint density at radius 2 is 1.36 bits per heavy atom. The molecule has 0 radical (unpaired) electrons. The Kier molecular flexibility index (Phi) is 5.31. The summed E-state index contributed by atoms with van der Waals surface area (Å²) >= 11 is 0. The summed E-state index contributed by atoms with van der Waals surface area (Å²) in [4.78, 5) is 31.5. The summed E-state index contributed by atoms with van der Waals surface area (Å²) < 4.78 is 0. The quantitative estimate of drug-likeness (QED) is 0.788. The molecule has 3 fully saturated rings. The maximum Gasteiger partial charge on any atom is 0.240 e. The summed E-state index contributed by atoms with van der Waals surface area (Å²) in [6.07, 6.45) is 4.75. The minimum absolute atomic E-state index is 0.161. The minimum Gasteiger partial charge on any atom is -0.343 e. The molecule has 6 nitrogen and oxygen atoms in total. The van der Waals surface area contributed by atoms with Crippen LogP contribution in [-0.4, -0.2) is 84.9 Å². The van der Waals surface area contributed by atoms with Crippen LogP contribution in [0.25, 0.3) is 0 Å². The van der Waals surface area contributed by atoms with Crippen LogP contribution >= 0.6 is 0 Å². The summed E-state index contributed by atoms with van der Waals surface area (Å²) in [5.41, 5.74) is 0. The molecule has 0 aromatic carbocycles. The number of hydrogen-bond acceptors (Lipinski definition) is 4. The zero-order valence-corrected chi connectivity index (χ0v) is 13.4. The molecule has 1 atom stereocenters. The number of nitrogens with one attached hydrogen (secondary N) is 1. The standard InChI is InChI=1S/C16H28N4O2/c21-15(19-7-1-2-8-19)13-14(18-11-5-17-6-12-18)16(22)20-9-3-4-10-20/h14,17H,1-13H2. The maximum atomic E-state index is 12.9. The fourth-order valence-electron chi connectivity index (χ4n) is 3.78. The first-order valence-corrected chi connectivity index (χ1v) is 8.77. The molecule has 0 aromatic heterocycles. The predicted octanol–water partition coefficient (Wildman–Crippen LogP) is -0.105. The van der Waals surface area contributed by atoms with Gasteiger partial charge in [0.25, 0.3) is 0 Å². The van der Waals surface area contributed by atoms with E-state index in [2.05, 4.69) is 10.2 Å². The van der Waals surface area contributed by atoms with Gasteiger partial charge in [0, 0.05) is 52.4 Å². The van der Waals surface area contributed by atoms with Gasteiger partial charge in [0.1, 0.15) is 0 Å². The van der Waals surface area contributed by atoms with E-state index in [1.165, 1.54) is 0 Å². The van der Waals surface area contributed by atoms with E-state index in [1.807, 2.05) is 9.80 Å². The molecular formula is C16H28N4O2. The van der Waals surface area contributed by atoms with Gasteiger partial charge in [-0.25, -0.2) is 0 Å². The van der Waals surface area contributed by atoms with Gasteiger partial charge >= 0.3 is 0 Å². The molecule has 0 aliphatic carbocycles. The lowest BCUT2D eigenvalue weighted by Crippen LogP contribution is -2.55. The average Bonchev–Trinajstić information content (AvgIpc) is 3.25. The van der Waals surface area contributed by atoms with Gasteiger partial charge in [-0.1, -0.05) is 0 Å². The molecule has 0 saturated carbocycles. The first-order valence-electron chi connectivity index (χ1n) is 8.77. The molecule has 3 aliphatic heterocycles. The van der Waals surface area contributed by atoms with Crippen LogP contribution in [0.15, 0.2) is 0 Å². The molecule has 3 aliphatic rings. The Balaban J connectivity index is 1.66. The van der Waals surface area contributed by atoms with Gasteiger partial charge in [0.15, 0.2) is 0 Å². The number of nitrogens with zero attached hydrogens (tertiary/aromatic N) is 3. The van der Waals surface area contributed by atoms with Crippen molar-refractivity contribution in [3.8, 4) is 0 Å². The van der Waals surface area contributed by atoms with Gasteiger partial charge in [-0.2, -0.15) is 0 Å². The number of hydrogen-bond donors (Lipinski definition) is 1. The highest BCUT2D eigenvalue weighted by atomic mass is 16.2. The third-order valence-corrected chi connectivity index (χ3v) is 5.12. The lowest BCUT2D eigenvalue weighted by atomic mass is 10.1. The summed E-state index contributed by atoms with van der Waals surface area (Å²) in [6, 6.07) is -0.256. The summed E-state index contributed by atoms with van der Waals surface area (Å²) in [5, 5.41) is 3.32. The van der Waals surface area contributed by atoms with Crippen LogP contribution in [0.3, 0.4) is 0 Å². The van der Waals surface area contributed by atoms with E-state index in [-0.39, 0.29) is 17.9 Å². The Labute approximate surface area is 132 Å². The molecule has 2 amide bonds. The fourth-order valence-corrected chi connectivity index (χ4v) is 3.78. The van der Waals surface area contributed by atoms with Crippen molar-refractivity contribution in [1.29, 1.82) is 0 Å². The van der Waals surface area contributed by atoms with Gasteiger partial charge < -0.3 is 15.1 Å². The number of carbonyl (C=O) groups excluding carboxylic acids is 2. The van der Waals surface area contributed by atoms with Crippen LogP contribution < -0.4 is 5.32 Å². The third-order valence-electron chi connectivity index (χ3n) is 5.12. The highest BCUT2D eigenvalue weighted by molar-refractivity contribution is 5.88. The number of rotatable bonds is 4. The SMILES string of the molecule is O=C(CC(C(=O)N1CCCC1)N1CCNCC1)N1CCCC1. The molecule has 3 heterocycles. The van der Waals surface area contributed by atoms with Crippen molar-refractivity contribution in [2.75, 3.05) is 52.4 Å². The van der Waals surface area contributed by atoms with Crippen LogP contribution in [0.1, 0.15) is 32.1 Å². The first-order chi connectivity index (χ1) is 10.8. The Morgan fingerprint density at radius 1 is 0.818 bits per heavy atom. The van der Waals surface area contributed by atoms with Crippen LogP contribution in [0.2, 0.25) is 0 Å². The highest BCUT2D eigenvalue weighted by Crippen LogP contribution is 2.18. The molecular weight excluding hydrogens is 280 g/mol. The zero-order chi connectivity index (χ0) is 15.4. The predicted molar refractivity (Wildman–Crippen MR) is 84.5 cm³/mol. The smallest absolute Gasteiger partial charge is 0.240 e. The second kappa shape index (κ2) is 7.42. The van der Waals surface area contributed by atoms with E-state index in [4.69, 9.17) is 0 Å². The van der Waals surface area contributed by atoms with Crippen LogP contribution in [0.4, 0.5) is 0 Å². The first kappa shape index (κ1) is 15.7. The lowest BCUT2D eigenvalue weighted by molar-refractivity contribution is -0.142. The average molecular weight is 308 g/mol. The second-order valence-electron chi connectivity index (χ2n) is 6.63. The van der Waals surface area contributed by atoms with Crippen molar-refractivity contribution in [2.24, 2.45) is 0 Å². The molecule has 3 saturated heterocycles. The van der Waals surface area contributed by atoms with Gasteiger partial charge in [0.05, 0.1) is 12.5 Å². The largest absolute Gasteiger partial charge is 0.343 e. The van der Waals surface area contributed by atoms with E-state index < -0.39 is 0 Å². The Hall–Kier alpha value is -1.14.